The number of halogens is 1. The number of rotatable bonds is 5. The van der Waals surface area contributed by atoms with Crippen LogP contribution in [0.4, 0.5) is 10.2 Å². The number of nitrogens with zero attached hydrogens (tertiary/aromatic N) is 4. The minimum Gasteiger partial charge on any atom is -0.311 e. The molecule has 150 valence electrons. The van der Waals surface area contributed by atoms with Gasteiger partial charge in [0.25, 0.3) is 0 Å². The number of thioether (sulfide) groups is 1. The summed E-state index contributed by atoms with van der Waals surface area (Å²) in [5, 5.41) is 7.61. The van der Waals surface area contributed by atoms with Gasteiger partial charge in [0.1, 0.15) is 17.3 Å². The second kappa shape index (κ2) is 8.34. The van der Waals surface area contributed by atoms with E-state index in [0.29, 0.717) is 5.82 Å². The minimum atomic E-state index is -0.276. The Bertz CT molecular complexity index is 1030. The lowest BCUT2D eigenvalue weighted by atomic mass is 9.98. The predicted octanol–water partition coefficient (Wildman–Crippen LogP) is 3.85. The standard InChI is InChI=1S/C21H22FN5OS/c1-14(28)24-19-11-16(7-8-23-19)20-18-12-26(13-29-2)9-10-27(18)25-21(20)15-3-5-17(22)6-4-15/h3-8,11H,9-10,12-13H2,1-2H3,(H,23,24,28). The second-order valence-electron chi connectivity index (χ2n) is 6.98. The van der Waals surface area contributed by atoms with Gasteiger partial charge in [-0.2, -0.15) is 5.10 Å². The van der Waals surface area contributed by atoms with Crippen molar-refractivity contribution in [3.63, 3.8) is 0 Å². The topological polar surface area (TPSA) is 63.1 Å². The number of nitrogens with one attached hydrogen (secondary N) is 1. The molecule has 3 heterocycles. The van der Waals surface area contributed by atoms with Crippen molar-refractivity contribution in [2.75, 3.05) is 24.0 Å². The Kier molecular flexibility index (Phi) is 5.64. The van der Waals surface area contributed by atoms with Crippen molar-refractivity contribution in [3.05, 3.63) is 54.1 Å². The predicted molar refractivity (Wildman–Crippen MR) is 114 cm³/mol. The van der Waals surface area contributed by atoms with E-state index >= 15 is 0 Å². The maximum Gasteiger partial charge on any atom is 0.222 e. The van der Waals surface area contributed by atoms with Gasteiger partial charge in [0.15, 0.2) is 0 Å². The maximum absolute atomic E-state index is 13.5. The summed E-state index contributed by atoms with van der Waals surface area (Å²) in [6, 6.07) is 10.2. The average Bonchev–Trinajstić information content (AvgIpc) is 3.07. The Morgan fingerprint density at radius 2 is 2.00 bits per heavy atom. The molecule has 29 heavy (non-hydrogen) atoms. The number of amides is 1. The first-order valence-corrected chi connectivity index (χ1v) is 10.8. The Labute approximate surface area is 173 Å². The highest BCUT2D eigenvalue weighted by atomic mass is 32.2. The number of carbonyl (C=O) groups excluding carboxylic acids is 1. The van der Waals surface area contributed by atoms with Crippen molar-refractivity contribution in [1.29, 1.82) is 0 Å². The Balaban J connectivity index is 1.85. The third-order valence-electron chi connectivity index (χ3n) is 4.84. The molecule has 1 N–H and O–H groups in total. The molecule has 0 fully saturated rings. The zero-order chi connectivity index (χ0) is 20.4. The van der Waals surface area contributed by atoms with Crippen LogP contribution in [0, 0.1) is 5.82 Å². The molecule has 0 saturated heterocycles. The van der Waals surface area contributed by atoms with E-state index in [9.17, 15) is 9.18 Å². The highest BCUT2D eigenvalue weighted by molar-refractivity contribution is 7.98. The van der Waals surface area contributed by atoms with Gasteiger partial charge in [0.05, 0.1) is 12.2 Å². The van der Waals surface area contributed by atoms with Gasteiger partial charge in [-0.25, -0.2) is 9.37 Å². The third kappa shape index (κ3) is 4.18. The molecule has 0 unspecified atom stereocenters. The van der Waals surface area contributed by atoms with Gasteiger partial charge in [-0.05, 0) is 48.2 Å². The summed E-state index contributed by atoms with van der Waals surface area (Å²) in [4.78, 5) is 18.1. The summed E-state index contributed by atoms with van der Waals surface area (Å²) >= 11 is 1.80. The average molecular weight is 412 g/mol. The van der Waals surface area contributed by atoms with Gasteiger partial charge < -0.3 is 5.32 Å². The Hall–Kier alpha value is -2.71. The first kappa shape index (κ1) is 19.6. The van der Waals surface area contributed by atoms with E-state index in [1.54, 1.807) is 30.1 Å². The molecule has 1 aromatic carbocycles. The molecular formula is C21H22FN5OS. The number of anilines is 1. The fourth-order valence-corrected chi connectivity index (χ4v) is 4.20. The summed E-state index contributed by atoms with van der Waals surface area (Å²) in [6.07, 6.45) is 3.78. The van der Waals surface area contributed by atoms with E-state index in [2.05, 4.69) is 21.5 Å². The van der Waals surface area contributed by atoms with Crippen LogP contribution in [0.2, 0.25) is 0 Å². The van der Waals surface area contributed by atoms with E-state index in [0.717, 1.165) is 53.6 Å². The van der Waals surface area contributed by atoms with E-state index in [4.69, 9.17) is 5.10 Å². The zero-order valence-electron chi connectivity index (χ0n) is 16.4. The smallest absolute Gasteiger partial charge is 0.222 e. The molecule has 0 radical (unpaired) electrons. The molecule has 0 spiro atoms. The van der Waals surface area contributed by atoms with Gasteiger partial charge in [-0.15, -0.1) is 11.8 Å². The van der Waals surface area contributed by atoms with Gasteiger partial charge in [-0.3, -0.25) is 14.4 Å². The second-order valence-corrected chi connectivity index (χ2v) is 7.82. The van der Waals surface area contributed by atoms with Crippen molar-refractivity contribution in [2.24, 2.45) is 0 Å². The Morgan fingerprint density at radius 3 is 2.72 bits per heavy atom. The SMILES string of the molecule is CSCN1CCn2nc(-c3ccc(F)cc3)c(-c3ccnc(NC(C)=O)c3)c2C1. The van der Waals surface area contributed by atoms with Crippen LogP contribution in [0.5, 0.6) is 0 Å². The fourth-order valence-electron chi connectivity index (χ4n) is 3.61. The molecule has 0 saturated carbocycles. The number of aromatic nitrogens is 3. The molecule has 4 rings (SSSR count). The van der Waals surface area contributed by atoms with Crippen LogP contribution in [0.1, 0.15) is 12.6 Å². The number of hydrogen-bond donors (Lipinski definition) is 1. The first-order chi connectivity index (χ1) is 14.0. The van der Waals surface area contributed by atoms with Crippen molar-refractivity contribution in [1.82, 2.24) is 19.7 Å². The summed E-state index contributed by atoms with van der Waals surface area (Å²) in [7, 11) is 0. The molecule has 2 aromatic heterocycles. The summed E-state index contributed by atoms with van der Waals surface area (Å²) in [5.41, 5.74) is 4.71. The monoisotopic (exact) mass is 411 g/mol. The van der Waals surface area contributed by atoms with Gasteiger partial charge in [0.2, 0.25) is 5.91 Å². The quantitative estimate of drug-likeness (QED) is 0.691. The molecule has 0 bridgehead atoms. The number of hydrogen-bond acceptors (Lipinski definition) is 5. The normalized spacial score (nSPS) is 13.9. The molecule has 6 nitrogen and oxygen atoms in total. The molecule has 0 aliphatic carbocycles. The van der Waals surface area contributed by atoms with Crippen molar-refractivity contribution in [3.8, 4) is 22.4 Å². The van der Waals surface area contributed by atoms with Crippen LogP contribution in [-0.2, 0) is 17.9 Å². The van der Waals surface area contributed by atoms with Crippen LogP contribution in [0.25, 0.3) is 22.4 Å². The van der Waals surface area contributed by atoms with Crippen molar-refractivity contribution in [2.45, 2.75) is 20.0 Å². The summed E-state index contributed by atoms with van der Waals surface area (Å²) in [5.74, 6) is 1.000. The number of pyridine rings is 1. The van der Waals surface area contributed by atoms with E-state index in [-0.39, 0.29) is 11.7 Å². The zero-order valence-corrected chi connectivity index (χ0v) is 17.2. The van der Waals surface area contributed by atoms with Crippen molar-refractivity contribution < 1.29 is 9.18 Å². The lowest BCUT2D eigenvalue weighted by Crippen LogP contribution is -2.33. The van der Waals surface area contributed by atoms with Crippen molar-refractivity contribution >= 4 is 23.5 Å². The van der Waals surface area contributed by atoms with Gasteiger partial charge in [0, 0.05) is 43.2 Å². The lowest BCUT2D eigenvalue weighted by molar-refractivity contribution is -0.114. The molecule has 0 atom stereocenters. The van der Waals surface area contributed by atoms with E-state index in [1.165, 1.54) is 19.1 Å². The number of fused-ring (bicyclic) bond motifs is 1. The molecule has 1 aliphatic rings. The molecule has 1 aliphatic heterocycles. The van der Waals surface area contributed by atoms with Crippen LogP contribution >= 0.6 is 11.8 Å². The highest BCUT2D eigenvalue weighted by Crippen LogP contribution is 2.37. The van der Waals surface area contributed by atoms with Crippen LogP contribution in [-0.4, -0.2) is 44.2 Å². The van der Waals surface area contributed by atoms with E-state index < -0.39 is 0 Å². The van der Waals surface area contributed by atoms with E-state index in [1.807, 2.05) is 16.8 Å². The van der Waals surface area contributed by atoms with Gasteiger partial charge in [-0.1, -0.05) is 0 Å². The lowest BCUT2D eigenvalue weighted by Gasteiger charge is -2.27. The summed E-state index contributed by atoms with van der Waals surface area (Å²) in [6.45, 7) is 3.97. The largest absolute Gasteiger partial charge is 0.311 e. The molecular weight excluding hydrogens is 389 g/mol. The molecule has 1 amide bonds. The molecule has 3 aromatic rings. The first-order valence-electron chi connectivity index (χ1n) is 9.36. The van der Waals surface area contributed by atoms with Crippen LogP contribution in [0.3, 0.4) is 0 Å². The maximum atomic E-state index is 13.5. The third-order valence-corrected chi connectivity index (χ3v) is 5.46. The number of benzene rings is 1. The number of carbonyl (C=O) groups is 1. The summed E-state index contributed by atoms with van der Waals surface area (Å²) < 4.78 is 15.5. The van der Waals surface area contributed by atoms with Gasteiger partial charge >= 0.3 is 0 Å². The highest BCUT2D eigenvalue weighted by Gasteiger charge is 2.26. The Morgan fingerprint density at radius 1 is 1.21 bits per heavy atom. The van der Waals surface area contributed by atoms with Crippen LogP contribution < -0.4 is 5.32 Å². The molecule has 8 heteroatoms. The van der Waals surface area contributed by atoms with Crippen LogP contribution in [0.15, 0.2) is 42.6 Å². The fraction of sp³-hybridized carbons (Fsp3) is 0.286. The minimum absolute atomic E-state index is 0.170.